The number of hydrogen-bond donors (Lipinski definition) is 1. The zero-order valence-electron chi connectivity index (χ0n) is 9.58. The van der Waals surface area contributed by atoms with Crippen LogP contribution in [0, 0.1) is 5.92 Å². The third-order valence-corrected chi connectivity index (χ3v) is 1.16. The maximum absolute atomic E-state index is 8.06. The summed E-state index contributed by atoms with van der Waals surface area (Å²) in [5.41, 5.74) is 0. The van der Waals surface area contributed by atoms with Crippen LogP contribution in [0.5, 0.6) is 0 Å². The summed E-state index contributed by atoms with van der Waals surface area (Å²) in [7, 11) is 1.88. The Morgan fingerprint density at radius 1 is 1.15 bits per heavy atom. The van der Waals surface area contributed by atoms with Crippen molar-refractivity contribution in [2.75, 3.05) is 13.6 Å². The molecule has 0 aromatic carbocycles. The van der Waals surface area contributed by atoms with E-state index in [-0.39, 0.29) is 27.2 Å². The Labute approximate surface area is 97.8 Å². The molecule has 0 aliphatic carbocycles. The Hall–Kier alpha value is 0.608. The van der Waals surface area contributed by atoms with E-state index in [2.05, 4.69) is 19.2 Å². The zero-order valence-corrected chi connectivity index (χ0v) is 12.5. The molecular weight excluding hydrogens is 334 g/mol. The summed E-state index contributed by atoms with van der Waals surface area (Å²) in [4.78, 5) is 0. The van der Waals surface area contributed by atoms with Gasteiger partial charge in [0.1, 0.15) is 0 Å². The molecule has 0 fully saturated rings. The Bertz CT molecular complexity index is 74.6. The molecule has 0 aliphatic rings. The average Bonchev–Trinajstić information content (AvgIpc) is 1.86. The molecule has 0 bridgehead atoms. The summed E-state index contributed by atoms with van der Waals surface area (Å²) < 4.78 is 0. The molecule has 0 spiro atoms. The first-order valence-corrected chi connectivity index (χ1v) is 4.74. The average molecular weight is 358 g/mol. The van der Waals surface area contributed by atoms with Gasteiger partial charge in [0, 0.05) is 27.2 Å². The van der Waals surface area contributed by atoms with Crippen molar-refractivity contribution >= 4 is 0 Å². The van der Waals surface area contributed by atoms with E-state index in [4.69, 9.17) is 5.11 Å². The molecule has 13 heavy (non-hydrogen) atoms. The second kappa shape index (κ2) is 15.1. The molecule has 0 rings (SSSR count). The maximum Gasteiger partial charge on any atom is 0.0483 e. The SMILES string of the molecule is CC(C)O.C[N-]CCCC(C)C.[W]. The van der Waals surface area contributed by atoms with Crippen molar-refractivity contribution in [2.24, 2.45) is 5.92 Å². The number of hydrogen-bond acceptors (Lipinski definition) is 1. The molecule has 0 aromatic rings. The zero-order chi connectivity index (χ0) is 9.98. The van der Waals surface area contributed by atoms with E-state index in [9.17, 15) is 0 Å². The van der Waals surface area contributed by atoms with E-state index in [1.165, 1.54) is 12.8 Å². The number of aliphatic hydroxyl groups is 1. The normalized spacial score (nSPS) is 9.23. The summed E-state index contributed by atoms with van der Waals surface area (Å²) in [6.07, 6.45) is 2.41. The van der Waals surface area contributed by atoms with Crippen LogP contribution in [0.1, 0.15) is 40.5 Å². The summed E-state index contributed by atoms with van der Waals surface area (Å²) in [5.74, 6) is 0.844. The van der Waals surface area contributed by atoms with E-state index in [1.54, 1.807) is 13.8 Å². The van der Waals surface area contributed by atoms with Gasteiger partial charge in [-0.3, -0.25) is 0 Å². The van der Waals surface area contributed by atoms with Gasteiger partial charge < -0.3 is 10.4 Å². The molecule has 0 unspecified atom stereocenters. The fourth-order valence-electron chi connectivity index (χ4n) is 0.658. The van der Waals surface area contributed by atoms with E-state index >= 15 is 0 Å². The molecule has 0 saturated carbocycles. The molecule has 0 aromatic heterocycles. The number of nitrogens with zero attached hydrogens (tertiary/aromatic N) is 1. The van der Waals surface area contributed by atoms with Crippen molar-refractivity contribution < 1.29 is 26.2 Å². The van der Waals surface area contributed by atoms with Gasteiger partial charge >= 0.3 is 0 Å². The first kappa shape index (κ1) is 19.2. The van der Waals surface area contributed by atoms with Crippen molar-refractivity contribution in [3.8, 4) is 0 Å². The van der Waals surface area contributed by atoms with Gasteiger partial charge in [0.2, 0.25) is 0 Å². The standard InChI is InChI=1S/C7H16N.C3H8O.W/c1-7(2)5-4-6-8-3;1-3(2)4;/h7H,4-6H2,1-3H3;3-4H,1-2H3;/q-1;;. The Morgan fingerprint density at radius 3 is 1.77 bits per heavy atom. The van der Waals surface area contributed by atoms with Crippen molar-refractivity contribution in [2.45, 2.75) is 46.6 Å². The molecule has 3 heteroatoms. The maximum atomic E-state index is 8.06. The fraction of sp³-hybridized carbons (Fsp3) is 1.00. The van der Waals surface area contributed by atoms with Crippen LogP contribution in [0.4, 0.5) is 0 Å². The predicted octanol–water partition coefficient (Wildman–Crippen LogP) is 2.81. The summed E-state index contributed by atoms with van der Waals surface area (Å²) in [6, 6.07) is 0. The van der Waals surface area contributed by atoms with E-state index in [0.29, 0.717) is 0 Å². The van der Waals surface area contributed by atoms with Crippen LogP contribution in [0.3, 0.4) is 0 Å². The molecule has 0 heterocycles. The van der Waals surface area contributed by atoms with Gasteiger partial charge in [0.15, 0.2) is 0 Å². The fourth-order valence-corrected chi connectivity index (χ4v) is 0.658. The van der Waals surface area contributed by atoms with E-state index in [0.717, 1.165) is 12.5 Å². The molecule has 0 saturated heterocycles. The molecular formula is C10H24NOW-. The van der Waals surface area contributed by atoms with Crippen LogP contribution in [-0.4, -0.2) is 24.8 Å². The van der Waals surface area contributed by atoms with Crippen LogP contribution >= 0.6 is 0 Å². The van der Waals surface area contributed by atoms with Crippen LogP contribution in [0.2, 0.25) is 0 Å². The smallest absolute Gasteiger partial charge is 0.0483 e. The molecule has 1 N–H and O–H groups in total. The number of aliphatic hydroxyl groups excluding tert-OH is 1. The molecule has 2 nitrogen and oxygen atoms in total. The topological polar surface area (TPSA) is 34.3 Å². The van der Waals surface area contributed by atoms with E-state index in [1.807, 2.05) is 7.05 Å². The van der Waals surface area contributed by atoms with Crippen molar-refractivity contribution in [1.82, 2.24) is 0 Å². The molecule has 82 valence electrons. The number of rotatable bonds is 4. The summed E-state index contributed by atoms with van der Waals surface area (Å²) >= 11 is 0. The Kier molecular flexibility index (Phi) is 22.3. The van der Waals surface area contributed by atoms with Crippen molar-refractivity contribution in [3.63, 3.8) is 0 Å². The quantitative estimate of drug-likeness (QED) is 0.771. The first-order valence-electron chi connectivity index (χ1n) is 4.74. The Morgan fingerprint density at radius 2 is 1.54 bits per heavy atom. The van der Waals surface area contributed by atoms with Crippen molar-refractivity contribution in [1.29, 1.82) is 0 Å². The van der Waals surface area contributed by atoms with Gasteiger partial charge in [-0.05, 0) is 19.8 Å². The van der Waals surface area contributed by atoms with Crippen LogP contribution in [0.15, 0.2) is 0 Å². The third kappa shape index (κ3) is 45.1. The molecule has 0 radical (unpaired) electrons. The van der Waals surface area contributed by atoms with Gasteiger partial charge in [-0.1, -0.05) is 26.7 Å². The minimum atomic E-state index is -0.167. The van der Waals surface area contributed by atoms with Crippen LogP contribution < -0.4 is 0 Å². The third-order valence-electron chi connectivity index (χ3n) is 1.16. The summed E-state index contributed by atoms with van der Waals surface area (Å²) in [5, 5.41) is 12.1. The minimum Gasteiger partial charge on any atom is -0.665 e. The minimum absolute atomic E-state index is 0. The van der Waals surface area contributed by atoms with Gasteiger partial charge in [0.05, 0.1) is 0 Å². The first-order chi connectivity index (χ1) is 5.50. The van der Waals surface area contributed by atoms with Crippen molar-refractivity contribution in [3.05, 3.63) is 5.32 Å². The molecule has 0 atom stereocenters. The second-order valence-corrected chi connectivity index (χ2v) is 3.67. The Balaban J connectivity index is -0.000000173. The second-order valence-electron chi connectivity index (χ2n) is 3.67. The van der Waals surface area contributed by atoms with Crippen LogP contribution in [-0.2, 0) is 21.1 Å². The van der Waals surface area contributed by atoms with Gasteiger partial charge in [-0.25, -0.2) is 0 Å². The summed E-state index contributed by atoms with van der Waals surface area (Å²) in [6.45, 7) is 8.98. The predicted molar refractivity (Wildman–Crippen MR) is 55.6 cm³/mol. The van der Waals surface area contributed by atoms with E-state index < -0.39 is 0 Å². The van der Waals surface area contributed by atoms with Crippen LogP contribution in [0.25, 0.3) is 5.32 Å². The largest absolute Gasteiger partial charge is 0.665 e. The molecule has 0 aliphatic heterocycles. The molecule has 0 amide bonds. The van der Waals surface area contributed by atoms with Gasteiger partial charge in [0.25, 0.3) is 0 Å². The van der Waals surface area contributed by atoms with Gasteiger partial charge in [-0.15, -0.1) is 6.54 Å². The van der Waals surface area contributed by atoms with Gasteiger partial charge in [-0.2, -0.15) is 7.05 Å². The monoisotopic (exact) mass is 358 g/mol.